The van der Waals surface area contributed by atoms with Gasteiger partial charge in [0.25, 0.3) is 0 Å². The number of para-hydroxylation sites is 1. The molecule has 0 saturated carbocycles. The van der Waals surface area contributed by atoms with Crippen LogP contribution in [0, 0.1) is 5.41 Å². The van der Waals surface area contributed by atoms with Crippen molar-refractivity contribution in [3.8, 4) is 5.69 Å². The number of nitrogens with two attached hydrogens (primary N) is 1. The fourth-order valence-corrected chi connectivity index (χ4v) is 2.85. The summed E-state index contributed by atoms with van der Waals surface area (Å²) < 4.78 is 1.94. The molecule has 1 unspecified atom stereocenters. The molecule has 4 nitrogen and oxygen atoms in total. The third-order valence-corrected chi connectivity index (χ3v) is 4.19. The van der Waals surface area contributed by atoms with E-state index in [1.807, 2.05) is 29.1 Å². The van der Waals surface area contributed by atoms with Gasteiger partial charge in [0, 0.05) is 24.8 Å². The van der Waals surface area contributed by atoms with Crippen LogP contribution in [0.25, 0.3) is 5.69 Å². The average molecular weight is 307 g/mol. The molecule has 2 heterocycles. The number of hydrogen-bond donors (Lipinski definition) is 1. The first kappa shape index (κ1) is 16.0. The summed E-state index contributed by atoms with van der Waals surface area (Å²) in [5.74, 6) is 0. The Morgan fingerprint density at radius 1 is 1.29 bits per heavy atom. The molecule has 1 aliphatic heterocycles. The minimum absolute atomic E-state index is 0. The predicted molar refractivity (Wildman–Crippen MR) is 87.9 cm³/mol. The first-order chi connectivity index (χ1) is 9.68. The van der Waals surface area contributed by atoms with E-state index in [2.05, 4.69) is 35.3 Å². The van der Waals surface area contributed by atoms with E-state index in [1.165, 1.54) is 12.0 Å². The number of aromatic nitrogens is 2. The zero-order chi connectivity index (χ0) is 14.0. The number of hydrogen-bond acceptors (Lipinski definition) is 3. The van der Waals surface area contributed by atoms with Gasteiger partial charge in [0.15, 0.2) is 0 Å². The number of rotatable bonds is 4. The van der Waals surface area contributed by atoms with E-state index < -0.39 is 0 Å². The summed E-state index contributed by atoms with van der Waals surface area (Å²) in [6.45, 7) is 6.22. The third kappa shape index (κ3) is 3.64. The Hall–Kier alpha value is -1.36. The highest BCUT2D eigenvalue weighted by Crippen LogP contribution is 2.29. The molecule has 1 saturated heterocycles. The zero-order valence-electron chi connectivity index (χ0n) is 12.4. The fraction of sp³-hybridized carbons (Fsp3) is 0.438. The lowest BCUT2D eigenvalue weighted by molar-refractivity contribution is 0.274. The van der Waals surface area contributed by atoms with E-state index in [0.717, 1.165) is 31.9 Å². The maximum absolute atomic E-state index is 5.86. The van der Waals surface area contributed by atoms with Crippen LogP contribution in [0.2, 0.25) is 0 Å². The van der Waals surface area contributed by atoms with E-state index in [4.69, 9.17) is 5.73 Å². The van der Waals surface area contributed by atoms with Crippen molar-refractivity contribution in [2.45, 2.75) is 19.9 Å². The highest BCUT2D eigenvalue weighted by Gasteiger charge is 2.32. The standard InChI is InChI=1S/C16H22N4.ClH/c1-16(12-17)7-8-19(13-16)10-14-9-18-20(11-14)15-5-3-2-4-6-15;/h2-6,9,11H,7-8,10,12-13,17H2,1H3;1H. The summed E-state index contributed by atoms with van der Waals surface area (Å²) in [6.07, 6.45) is 5.27. The Morgan fingerprint density at radius 3 is 2.71 bits per heavy atom. The molecule has 2 aromatic rings. The summed E-state index contributed by atoms with van der Waals surface area (Å²) in [5.41, 5.74) is 8.51. The highest BCUT2D eigenvalue weighted by molar-refractivity contribution is 5.85. The van der Waals surface area contributed by atoms with Gasteiger partial charge in [0.2, 0.25) is 0 Å². The zero-order valence-corrected chi connectivity index (χ0v) is 13.2. The smallest absolute Gasteiger partial charge is 0.0645 e. The Labute approximate surface area is 132 Å². The van der Waals surface area contributed by atoms with Gasteiger partial charge in [-0.3, -0.25) is 4.90 Å². The Morgan fingerprint density at radius 2 is 2.05 bits per heavy atom. The molecule has 0 spiro atoms. The van der Waals surface area contributed by atoms with Crippen molar-refractivity contribution in [1.29, 1.82) is 0 Å². The average Bonchev–Trinajstić information content (AvgIpc) is 3.08. The van der Waals surface area contributed by atoms with Crippen LogP contribution in [-0.2, 0) is 6.54 Å². The van der Waals surface area contributed by atoms with Crippen molar-refractivity contribution in [2.75, 3.05) is 19.6 Å². The molecular formula is C16H23ClN4. The van der Waals surface area contributed by atoms with Crippen molar-refractivity contribution in [2.24, 2.45) is 11.1 Å². The molecule has 0 bridgehead atoms. The minimum atomic E-state index is 0. The van der Waals surface area contributed by atoms with Crippen LogP contribution in [0.1, 0.15) is 18.9 Å². The van der Waals surface area contributed by atoms with Crippen LogP contribution in [0.4, 0.5) is 0 Å². The van der Waals surface area contributed by atoms with E-state index in [-0.39, 0.29) is 17.8 Å². The Bertz CT molecular complexity index is 569. The highest BCUT2D eigenvalue weighted by atomic mass is 35.5. The molecule has 1 fully saturated rings. The van der Waals surface area contributed by atoms with Gasteiger partial charge in [0.05, 0.1) is 11.9 Å². The second-order valence-electron chi connectivity index (χ2n) is 6.10. The lowest BCUT2D eigenvalue weighted by Gasteiger charge is -2.22. The lowest BCUT2D eigenvalue weighted by Crippen LogP contribution is -2.31. The van der Waals surface area contributed by atoms with Gasteiger partial charge in [-0.1, -0.05) is 25.1 Å². The van der Waals surface area contributed by atoms with Crippen LogP contribution in [0.15, 0.2) is 42.7 Å². The van der Waals surface area contributed by atoms with Gasteiger partial charge >= 0.3 is 0 Å². The number of benzene rings is 1. The van der Waals surface area contributed by atoms with E-state index in [0.29, 0.717) is 0 Å². The van der Waals surface area contributed by atoms with Crippen LogP contribution in [0.5, 0.6) is 0 Å². The predicted octanol–water partition coefficient (Wildman–Crippen LogP) is 2.46. The first-order valence-electron chi connectivity index (χ1n) is 7.20. The molecule has 0 aliphatic carbocycles. The molecule has 1 atom stereocenters. The third-order valence-electron chi connectivity index (χ3n) is 4.19. The van der Waals surface area contributed by atoms with Gasteiger partial charge in [0.1, 0.15) is 0 Å². The first-order valence-corrected chi connectivity index (χ1v) is 7.20. The molecule has 21 heavy (non-hydrogen) atoms. The van der Waals surface area contributed by atoms with Crippen molar-refractivity contribution < 1.29 is 0 Å². The van der Waals surface area contributed by atoms with Crippen LogP contribution >= 0.6 is 12.4 Å². The van der Waals surface area contributed by atoms with Gasteiger partial charge < -0.3 is 5.73 Å². The maximum Gasteiger partial charge on any atom is 0.0645 e. The lowest BCUT2D eigenvalue weighted by atomic mass is 9.90. The van der Waals surface area contributed by atoms with Crippen LogP contribution in [0.3, 0.4) is 0 Å². The molecule has 3 rings (SSSR count). The van der Waals surface area contributed by atoms with Gasteiger partial charge in [-0.15, -0.1) is 12.4 Å². The molecule has 0 amide bonds. The molecule has 1 aliphatic rings. The number of halogens is 1. The molecule has 1 aromatic carbocycles. The van der Waals surface area contributed by atoms with Crippen molar-refractivity contribution in [3.05, 3.63) is 48.3 Å². The van der Waals surface area contributed by atoms with Crippen molar-refractivity contribution >= 4 is 12.4 Å². The van der Waals surface area contributed by atoms with E-state index >= 15 is 0 Å². The quantitative estimate of drug-likeness (QED) is 0.944. The molecule has 0 radical (unpaired) electrons. The van der Waals surface area contributed by atoms with Gasteiger partial charge in [-0.2, -0.15) is 5.10 Å². The molecular weight excluding hydrogens is 284 g/mol. The summed E-state index contributed by atoms with van der Waals surface area (Å²) >= 11 is 0. The van der Waals surface area contributed by atoms with E-state index in [9.17, 15) is 0 Å². The molecule has 5 heteroatoms. The number of nitrogens with zero attached hydrogens (tertiary/aromatic N) is 3. The minimum Gasteiger partial charge on any atom is -0.330 e. The SMILES string of the molecule is CC1(CN)CCN(Cc2cnn(-c3ccccc3)c2)C1.Cl. The largest absolute Gasteiger partial charge is 0.330 e. The van der Waals surface area contributed by atoms with E-state index in [1.54, 1.807) is 0 Å². The second kappa shape index (κ2) is 6.60. The van der Waals surface area contributed by atoms with Crippen LogP contribution in [-0.4, -0.2) is 34.3 Å². The summed E-state index contributed by atoms with van der Waals surface area (Å²) in [6, 6.07) is 10.2. The van der Waals surface area contributed by atoms with Crippen LogP contribution < -0.4 is 5.73 Å². The van der Waals surface area contributed by atoms with Gasteiger partial charge in [-0.05, 0) is 37.1 Å². The van der Waals surface area contributed by atoms with Crippen molar-refractivity contribution in [1.82, 2.24) is 14.7 Å². The maximum atomic E-state index is 5.86. The van der Waals surface area contributed by atoms with Crippen molar-refractivity contribution in [3.63, 3.8) is 0 Å². The Balaban J connectivity index is 0.00000161. The topological polar surface area (TPSA) is 47.1 Å². The fourth-order valence-electron chi connectivity index (χ4n) is 2.85. The Kier molecular flexibility index (Phi) is 5.04. The molecule has 2 N–H and O–H groups in total. The number of likely N-dealkylation sites (tertiary alicyclic amines) is 1. The normalized spacial score (nSPS) is 22.2. The molecule has 114 valence electrons. The second-order valence-corrected chi connectivity index (χ2v) is 6.10. The molecule has 1 aromatic heterocycles. The summed E-state index contributed by atoms with van der Waals surface area (Å²) in [7, 11) is 0. The van der Waals surface area contributed by atoms with Gasteiger partial charge in [-0.25, -0.2) is 4.68 Å². The monoisotopic (exact) mass is 306 g/mol. The summed E-state index contributed by atoms with van der Waals surface area (Å²) in [5, 5.41) is 4.45. The summed E-state index contributed by atoms with van der Waals surface area (Å²) in [4.78, 5) is 2.47.